The molecule has 0 spiro atoms. The molecule has 0 unspecified atom stereocenters. The fourth-order valence-electron chi connectivity index (χ4n) is 2.60. The predicted molar refractivity (Wildman–Crippen MR) is 73.3 cm³/mol. The van der Waals surface area contributed by atoms with Gasteiger partial charge >= 0.3 is 0 Å². The van der Waals surface area contributed by atoms with Crippen molar-refractivity contribution in [2.45, 2.75) is 25.8 Å². The van der Waals surface area contributed by atoms with Gasteiger partial charge in [-0.25, -0.2) is 4.39 Å². The number of nitrogens with one attached hydrogen (secondary N) is 1. The Bertz CT molecular complexity index is 501. The summed E-state index contributed by atoms with van der Waals surface area (Å²) in [6.45, 7) is 2.58. The molecule has 108 valence electrons. The van der Waals surface area contributed by atoms with Gasteiger partial charge in [-0.1, -0.05) is 19.1 Å². The summed E-state index contributed by atoms with van der Waals surface area (Å²) >= 11 is 0. The van der Waals surface area contributed by atoms with Crippen molar-refractivity contribution in [1.82, 2.24) is 10.2 Å². The molecule has 0 radical (unpaired) electrons. The van der Waals surface area contributed by atoms with Crippen molar-refractivity contribution in [1.29, 1.82) is 0 Å². The zero-order valence-corrected chi connectivity index (χ0v) is 11.7. The zero-order chi connectivity index (χ0) is 14.7. The fourth-order valence-corrected chi connectivity index (χ4v) is 2.60. The number of hydrogen-bond donors (Lipinski definition) is 1. The van der Waals surface area contributed by atoms with Crippen molar-refractivity contribution in [3.8, 4) is 0 Å². The molecule has 1 saturated heterocycles. The maximum atomic E-state index is 13.0. The monoisotopic (exact) mass is 278 g/mol. The number of carbonyl (C=O) groups excluding carboxylic acids is 2. The lowest BCUT2D eigenvalue weighted by atomic mass is 9.93. The van der Waals surface area contributed by atoms with Gasteiger partial charge in [0.05, 0.1) is 12.0 Å². The Morgan fingerprint density at radius 2 is 2.05 bits per heavy atom. The van der Waals surface area contributed by atoms with Gasteiger partial charge in [0.1, 0.15) is 5.82 Å². The SMILES string of the molecule is CCCNC(=O)[C@H]1CC(=O)N(C)[C@@H]1c1ccc(F)cc1. The van der Waals surface area contributed by atoms with Crippen LogP contribution in [0.3, 0.4) is 0 Å². The van der Waals surface area contributed by atoms with Crippen LogP contribution in [0.15, 0.2) is 24.3 Å². The van der Waals surface area contributed by atoms with Gasteiger partial charge in [-0.05, 0) is 24.1 Å². The second kappa shape index (κ2) is 6.03. The fraction of sp³-hybridized carbons (Fsp3) is 0.467. The number of halogens is 1. The first kappa shape index (κ1) is 14.5. The Kier molecular flexibility index (Phi) is 4.37. The minimum Gasteiger partial charge on any atom is -0.356 e. The van der Waals surface area contributed by atoms with Crippen molar-refractivity contribution >= 4 is 11.8 Å². The molecular formula is C15H19FN2O2. The van der Waals surface area contributed by atoms with Gasteiger partial charge in [0, 0.05) is 20.0 Å². The average molecular weight is 278 g/mol. The lowest BCUT2D eigenvalue weighted by Gasteiger charge is -2.24. The van der Waals surface area contributed by atoms with Crippen LogP contribution in [-0.4, -0.2) is 30.3 Å². The molecule has 0 aliphatic carbocycles. The third kappa shape index (κ3) is 2.81. The Morgan fingerprint density at radius 1 is 1.40 bits per heavy atom. The number of carbonyl (C=O) groups is 2. The van der Waals surface area contributed by atoms with E-state index in [1.165, 1.54) is 12.1 Å². The van der Waals surface area contributed by atoms with Gasteiger partial charge in [-0.15, -0.1) is 0 Å². The van der Waals surface area contributed by atoms with E-state index in [0.717, 1.165) is 12.0 Å². The molecule has 1 aromatic carbocycles. The van der Waals surface area contributed by atoms with Crippen LogP contribution < -0.4 is 5.32 Å². The van der Waals surface area contributed by atoms with Gasteiger partial charge in [0.15, 0.2) is 0 Å². The van der Waals surface area contributed by atoms with Crippen LogP contribution in [0.2, 0.25) is 0 Å². The lowest BCUT2D eigenvalue weighted by Crippen LogP contribution is -2.34. The van der Waals surface area contributed by atoms with Crippen molar-refractivity contribution < 1.29 is 14.0 Å². The summed E-state index contributed by atoms with van der Waals surface area (Å²) in [7, 11) is 1.68. The molecule has 2 amide bonds. The summed E-state index contributed by atoms with van der Waals surface area (Å²) in [6, 6.07) is 5.66. The predicted octanol–water partition coefficient (Wildman–Crippen LogP) is 1.87. The molecule has 0 bridgehead atoms. The largest absolute Gasteiger partial charge is 0.356 e. The first-order valence-electron chi connectivity index (χ1n) is 6.83. The average Bonchev–Trinajstić information content (AvgIpc) is 2.73. The van der Waals surface area contributed by atoms with E-state index in [9.17, 15) is 14.0 Å². The molecule has 1 fully saturated rings. The van der Waals surface area contributed by atoms with Crippen LogP contribution in [0.1, 0.15) is 31.4 Å². The minimum absolute atomic E-state index is 0.0593. The molecule has 0 saturated carbocycles. The number of amides is 2. The molecule has 1 aromatic rings. The maximum absolute atomic E-state index is 13.0. The van der Waals surface area contributed by atoms with Crippen LogP contribution in [0.5, 0.6) is 0 Å². The summed E-state index contributed by atoms with van der Waals surface area (Å²) in [6.07, 6.45) is 1.05. The Labute approximate surface area is 118 Å². The zero-order valence-electron chi connectivity index (χ0n) is 11.7. The summed E-state index contributed by atoms with van der Waals surface area (Å²) < 4.78 is 13.0. The second-order valence-corrected chi connectivity index (χ2v) is 5.10. The van der Waals surface area contributed by atoms with E-state index in [1.54, 1.807) is 24.1 Å². The van der Waals surface area contributed by atoms with Crippen LogP contribution in [0, 0.1) is 11.7 Å². The number of nitrogens with zero attached hydrogens (tertiary/aromatic N) is 1. The highest BCUT2D eigenvalue weighted by Gasteiger charge is 2.42. The van der Waals surface area contributed by atoms with Gasteiger partial charge in [-0.3, -0.25) is 9.59 Å². The van der Waals surface area contributed by atoms with Crippen molar-refractivity contribution in [2.75, 3.05) is 13.6 Å². The molecule has 2 atom stereocenters. The van der Waals surface area contributed by atoms with Gasteiger partial charge < -0.3 is 10.2 Å². The van der Waals surface area contributed by atoms with Crippen LogP contribution in [0.4, 0.5) is 4.39 Å². The van der Waals surface area contributed by atoms with E-state index in [4.69, 9.17) is 0 Å². The van der Waals surface area contributed by atoms with Gasteiger partial charge in [-0.2, -0.15) is 0 Å². The quantitative estimate of drug-likeness (QED) is 0.914. The molecule has 4 nitrogen and oxygen atoms in total. The third-order valence-electron chi connectivity index (χ3n) is 3.68. The smallest absolute Gasteiger partial charge is 0.226 e. The summed E-state index contributed by atoms with van der Waals surface area (Å²) in [5, 5.41) is 2.83. The standard InChI is InChI=1S/C15H19FN2O2/c1-3-8-17-15(20)12-9-13(19)18(2)14(12)10-4-6-11(16)7-5-10/h4-7,12,14H,3,8-9H2,1-2H3,(H,17,20)/t12-,14+/m0/s1. The Morgan fingerprint density at radius 3 is 2.65 bits per heavy atom. The molecule has 1 heterocycles. The first-order chi connectivity index (χ1) is 9.54. The van der Waals surface area contributed by atoms with Crippen molar-refractivity contribution in [2.24, 2.45) is 5.92 Å². The van der Waals surface area contributed by atoms with Gasteiger partial charge in [0.25, 0.3) is 0 Å². The highest BCUT2D eigenvalue weighted by molar-refractivity contribution is 5.90. The van der Waals surface area contributed by atoms with E-state index in [1.807, 2.05) is 6.92 Å². The van der Waals surface area contributed by atoms with E-state index < -0.39 is 5.92 Å². The van der Waals surface area contributed by atoms with E-state index in [0.29, 0.717) is 6.54 Å². The number of benzene rings is 1. The van der Waals surface area contributed by atoms with Crippen LogP contribution in [0.25, 0.3) is 0 Å². The van der Waals surface area contributed by atoms with Gasteiger partial charge in [0.2, 0.25) is 11.8 Å². The minimum atomic E-state index is -0.412. The number of likely N-dealkylation sites (tertiary alicyclic amines) is 1. The highest BCUT2D eigenvalue weighted by Crippen LogP contribution is 2.37. The Hall–Kier alpha value is -1.91. The Balaban J connectivity index is 2.24. The lowest BCUT2D eigenvalue weighted by molar-refractivity contribution is -0.128. The third-order valence-corrected chi connectivity index (χ3v) is 3.68. The summed E-state index contributed by atoms with van der Waals surface area (Å²) in [5.41, 5.74) is 0.788. The van der Waals surface area contributed by atoms with Crippen LogP contribution >= 0.6 is 0 Å². The van der Waals surface area contributed by atoms with E-state index in [-0.39, 0.29) is 30.1 Å². The normalized spacial score (nSPS) is 22.1. The number of hydrogen-bond acceptors (Lipinski definition) is 2. The molecule has 0 aromatic heterocycles. The molecular weight excluding hydrogens is 259 g/mol. The topological polar surface area (TPSA) is 49.4 Å². The molecule has 20 heavy (non-hydrogen) atoms. The highest BCUT2D eigenvalue weighted by atomic mass is 19.1. The van der Waals surface area contributed by atoms with Crippen LogP contribution in [-0.2, 0) is 9.59 Å². The van der Waals surface area contributed by atoms with E-state index >= 15 is 0 Å². The molecule has 2 rings (SSSR count). The van der Waals surface area contributed by atoms with Crippen molar-refractivity contribution in [3.05, 3.63) is 35.6 Å². The molecule has 1 N–H and O–H groups in total. The second-order valence-electron chi connectivity index (χ2n) is 5.10. The number of rotatable bonds is 4. The van der Waals surface area contributed by atoms with E-state index in [2.05, 4.69) is 5.32 Å². The van der Waals surface area contributed by atoms with Crippen molar-refractivity contribution in [3.63, 3.8) is 0 Å². The molecule has 1 aliphatic rings. The summed E-state index contributed by atoms with van der Waals surface area (Å²) in [5.74, 6) is -0.910. The maximum Gasteiger partial charge on any atom is 0.226 e. The molecule has 1 aliphatic heterocycles. The molecule has 5 heteroatoms. The summed E-state index contributed by atoms with van der Waals surface area (Å²) in [4.78, 5) is 25.6. The first-order valence-corrected chi connectivity index (χ1v) is 6.83.